The number of ether oxygens (including phenoxy) is 2. The standard InChI is InChI=1S/C23H45N5O7.C2H4O2/c1-21(2,3)28(20(32)33)12-10-11-15(26-18(30)34-22(4,5)6)14-25-17(29)16(13-24)27-19(31)35-23(7,8)9;1-2(3)4/h15-16H,10-14,24H2,1-9H3,(H,25,29)(H,26,30)(H,27,31)(H,32,33);1H3,(H,3,4)/t15-,16-;/m0./s1. The Labute approximate surface area is 231 Å². The smallest absolute Gasteiger partial charge is 0.408 e. The van der Waals surface area contributed by atoms with Crippen LogP contribution < -0.4 is 21.7 Å². The van der Waals surface area contributed by atoms with E-state index in [1.807, 2.05) is 0 Å². The molecule has 7 N–H and O–H groups in total. The third-order valence-corrected chi connectivity index (χ3v) is 4.46. The van der Waals surface area contributed by atoms with Crippen molar-refractivity contribution in [3.8, 4) is 0 Å². The number of carboxylic acids is 1. The average molecular weight is 564 g/mol. The molecule has 0 radical (unpaired) electrons. The predicted octanol–water partition coefficient (Wildman–Crippen LogP) is 2.50. The predicted molar refractivity (Wildman–Crippen MR) is 145 cm³/mol. The number of aliphatic carboxylic acids is 1. The third-order valence-electron chi connectivity index (χ3n) is 4.46. The Morgan fingerprint density at radius 3 is 1.64 bits per heavy atom. The quantitative estimate of drug-likeness (QED) is 0.229. The number of nitrogens with two attached hydrogens (primary N) is 1. The second-order valence-electron chi connectivity index (χ2n) is 11.8. The molecule has 0 rings (SSSR count). The van der Waals surface area contributed by atoms with E-state index in [4.69, 9.17) is 25.1 Å². The van der Waals surface area contributed by atoms with Crippen LogP contribution in [0, 0.1) is 0 Å². The van der Waals surface area contributed by atoms with Gasteiger partial charge < -0.3 is 46.3 Å². The number of nitrogens with one attached hydrogen (secondary N) is 3. The van der Waals surface area contributed by atoms with E-state index in [-0.39, 0.29) is 19.6 Å². The lowest BCUT2D eigenvalue weighted by molar-refractivity contribution is -0.134. The van der Waals surface area contributed by atoms with E-state index < -0.39 is 59.0 Å². The molecule has 0 unspecified atom stereocenters. The summed E-state index contributed by atoms with van der Waals surface area (Å²) >= 11 is 0. The molecule has 0 aromatic rings. The summed E-state index contributed by atoms with van der Waals surface area (Å²) in [5.74, 6) is -1.38. The summed E-state index contributed by atoms with van der Waals surface area (Å²) in [4.78, 5) is 58.8. The molecule has 14 heteroatoms. The van der Waals surface area contributed by atoms with Gasteiger partial charge in [0.15, 0.2) is 0 Å². The van der Waals surface area contributed by atoms with E-state index in [1.54, 1.807) is 62.3 Å². The second kappa shape index (κ2) is 16.6. The fourth-order valence-electron chi connectivity index (χ4n) is 2.94. The molecule has 2 atom stereocenters. The normalized spacial score (nSPS) is 13.0. The molecule has 39 heavy (non-hydrogen) atoms. The Balaban J connectivity index is 0. The highest BCUT2D eigenvalue weighted by atomic mass is 16.6. The van der Waals surface area contributed by atoms with Gasteiger partial charge in [-0.15, -0.1) is 0 Å². The highest BCUT2D eigenvalue weighted by Crippen LogP contribution is 2.15. The molecule has 0 spiro atoms. The molecule has 228 valence electrons. The largest absolute Gasteiger partial charge is 0.481 e. The van der Waals surface area contributed by atoms with Crippen molar-refractivity contribution in [2.45, 2.75) is 111 Å². The molecular formula is C25H49N5O9. The summed E-state index contributed by atoms with van der Waals surface area (Å²) in [5.41, 5.74) is 3.60. The molecule has 0 bridgehead atoms. The number of carbonyl (C=O) groups is 5. The Morgan fingerprint density at radius 1 is 0.846 bits per heavy atom. The number of alkyl carbamates (subject to hydrolysis) is 2. The van der Waals surface area contributed by atoms with Crippen molar-refractivity contribution in [3.05, 3.63) is 0 Å². The SMILES string of the molecule is CC(=O)O.CC(C)(C)OC(=O)N[C@@H](CCCN(C(=O)O)C(C)(C)C)CNC(=O)[C@H](CN)NC(=O)OC(C)(C)C. The second-order valence-corrected chi connectivity index (χ2v) is 11.8. The number of amides is 4. The molecule has 4 amide bonds. The Morgan fingerprint density at radius 2 is 1.28 bits per heavy atom. The lowest BCUT2D eigenvalue weighted by atomic mass is 10.0. The van der Waals surface area contributed by atoms with E-state index in [0.29, 0.717) is 12.8 Å². The molecule has 0 aromatic carbocycles. The number of carboxylic acid groups (broad SMARTS) is 2. The van der Waals surface area contributed by atoms with Crippen LogP contribution in [0.2, 0.25) is 0 Å². The lowest BCUT2D eigenvalue weighted by Gasteiger charge is -2.33. The summed E-state index contributed by atoms with van der Waals surface area (Å²) in [6, 6.07) is -1.58. The maximum absolute atomic E-state index is 12.6. The van der Waals surface area contributed by atoms with Gasteiger partial charge in [0.05, 0.1) is 0 Å². The van der Waals surface area contributed by atoms with E-state index in [0.717, 1.165) is 6.92 Å². The number of hydrogen-bond acceptors (Lipinski definition) is 8. The van der Waals surface area contributed by atoms with Crippen LogP contribution in [-0.4, -0.2) is 93.7 Å². The van der Waals surface area contributed by atoms with Gasteiger partial charge in [-0.05, 0) is 75.2 Å². The van der Waals surface area contributed by atoms with Crippen LogP contribution in [0.3, 0.4) is 0 Å². The molecular weight excluding hydrogens is 514 g/mol. The first-order valence-corrected chi connectivity index (χ1v) is 12.7. The monoisotopic (exact) mass is 563 g/mol. The summed E-state index contributed by atoms with van der Waals surface area (Å²) in [5, 5.41) is 24.7. The number of hydrogen-bond donors (Lipinski definition) is 6. The van der Waals surface area contributed by atoms with Crippen molar-refractivity contribution in [3.63, 3.8) is 0 Å². The van der Waals surface area contributed by atoms with Crippen LogP contribution in [-0.2, 0) is 19.1 Å². The lowest BCUT2D eigenvalue weighted by Crippen LogP contribution is -2.54. The zero-order valence-electron chi connectivity index (χ0n) is 25.0. The highest BCUT2D eigenvalue weighted by molar-refractivity contribution is 5.86. The van der Waals surface area contributed by atoms with Crippen molar-refractivity contribution < 1.29 is 43.7 Å². The summed E-state index contributed by atoms with van der Waals surface area (Å²) in [7, 11) is 0. The van der Waals surface area contributed by atoms with Gasteiger partial charge in [-0.3, -0.25) is 9.59 Å². The molecule has 0 aromatic heterocycles. The minimum Gasteiger partial charge on any atom is -0.481 e. The average Bonchev–Trinajstić information content (AvgIpc) is 2.68. The Kier molecular flexibility index (Phi) is 16.1. The molecule has 0 aliphatic carbocycles. The van der Waals surface area contributed by atoms with Gasteiger partial charge in [0, 0.05) is 38.1 Å². The first kappa shape index (κ1) is 37.9. The minimum absolute atomic E-state index is 0.0210. The summed E-state index contributed by atoms with van der Waals surface area (Å²) in [6.45, 7) is 16.8. The third kappa shape index (κ3) is 21.3. The van der Waals surface area contributed by atoms with Crippen molar-refractivity contribution in [1.82, 2.24) is 20.9 Å². The Bertz CT molecular complexity index is 810. The fraction of sp³-hybridized carbons (Fsp3) is 0.800. The maximum atomic E-state index is 12.6. The van der Waals surface area contributed by atoms with Crippen molar-refractivity contribution in [2.24, 2.45) is 5.73 Å². The van der Waals surface area contributed by atoms with E-state index in [9.17, 15) is 24.3 Å². The van der Waals surface area contributed by atoms with Crippen molar-refractivity contribution in [1.29, 1.82) is 0 Å². The molecule has 0 aliphatic rings. The van der Waals surface area contributed by atoms with Crippen LogP contribution in [0.4, 0.5) is 14.4 Å². The fourth-order valence-corrected chi connectivity index (χ4v) is 2.94. The summed E-state index contributed by atoms with van der Waals surface area (Å²) in [6.07, 6.45) is -1.68. The number of nitrogens with zero attached hydrogens (tertiary/aromatic N) is 1. The first-order valence-electron chi connectivity index (χ1n) is 12.7. The topological polar surface area (TPSA) is 210 Å². The van der Waals surface area contributed by atoms with Gasteiger partial charge in [-0.1, -0.05) is 0 Å². The molecule has 0 heterocycles. The van der Waals surface area contributed by atoms with Crippen LogP contribution in [0.15, 0.2) is 0 Å². The number of rotatable bonds is 10. The van der Waals surface area contributed by atoms with Crippen molar-refractivity contribution >= 4 is 30.2 Å². The van der Waals surface area contributed by atoms with Crippen LogP contribution >= 0.6 is 0 Å². The van der Waals surface area contributed by atoms with Gasteiger partial charge in [-0.25, -0.2) is 14.4 Å². The van der Waals surface area contributed by atoms with Gasteiger partial charge in [0.1, 0.15) is 17.2 Å². The number of carbonyl (C=O) groups excluding carboxylic acids is 3. The van der Waals surface area contributed by atoms with Crippen LogP contribution in [0.1, 0.15) is 82.1 Å². The van der Waals surface area contributed by atoms with E-state index >= 15 is 0 Å². The molecule has 0 aliphatic heterocycles. The van der Waals surface area contributed by atoms with Gasteiger partial charge >= 0.3 is 18.3 Å². The van der Waals surface area contributed by atoms with Gasteiger partial charge in [0.25, 0.3) is 5.97 Å². The van der Waals surface area contributed by atoms with E-state index in [2.05, 4.69) is 16.0 Å². The van der Waals surface area contributed by atoms with Crippen molar-refractivity contribution in [2.75, 3.05) is 19.6 Å². The molecule has 14 nitrogen and oxygen atoms in total. The first-order chi connectivity index (χ1) is 17.5. The Hall–Kier alpha value is -3.29. The zero-order valence-corrected chi connectivity index (χ0v) is 25.0. The molecule has 0 saturated carbocycles. The maximum Gasteiger partial charge on any atom is 0.408 e. The van der Waals surface area contributed by atoms with Gasteiger partial charge in [-0.2, -0.15) is 0 Å². The highest BCUT2D eigenvalue weighted by Gasteiger charge is 2.27. The van der Waals surface area contributed by atoms with Crippen LogP contribution in [0.25, 0.3) is 0 Å². The van der Waals surface area contributed by atoms with Gasteiger partial charge in [0.2, 0.25) is 5.91 Å². The molecule has 0 saturated heterocycles. The minimum atomic E-state index is -1.04. The zero-order chi connectivity index (χ0) is 31.2. The summed E-state index contributed by atoms with van der Waals surface area (Å²) < 4.78 is 10.5. The molecule has 0 fully saturated rings. The van der Waals surface area contributed by atoms with Crippen LogP contribution in [0.5, 0.6) is 0 Å². The van der Waals surface area contributed by atoms with E-state index in [1.165, 1.54) is 4.90 Å².